The van der Waals surface area contributed by atoms with Crippen molar-refractivity contribution in [2.75, 3.05) is 21.3 Å². The van der Waals surface area contributed by atoms with Crippen LogP contribution in [0.5, 0.6) is 17.2 Å². The molecule has 1 heterocycles. The summed E-state index contributed by atoms with van der Waals surface area (Å²) in [6.45, 7) is 2.03. The van der Waals surface area contributed by atoms with E-state index in [0.29, 0.717) is 28.5 Å². The zero-order chi connectivity index (χ0) is 15.4. The summed E-state index contributed by atoms with van der Waals surface area (Å²) in [5, 5.41) is 0. The summed E-state index contributed by atoms with van der Waals surface area (Å²) in [5.41, 5.74) is 1.96. The first-order valence-corrected chi connectivity index (χ1v) is 6.75. The van der Waals surface area contributed by atoms with Crippen LogP contribution in [0.4, 0.5) is 0 Å². The molecule has 0 saturated heterocycles. The van der Waals surface area contributed by atoms with E-state index in [0.717, 1.165) is 18.6 Å². The number of methoxy groups -OCH3 is 3. The minimum Gasteiger partial charge on any atom is -0.493 e. The quantitative estimate of drug-likeness (QED) is 0.755. The first-order chi connectivity index (χ1) is 10.1. The molecular weight excluding hydrogens is 270 g/mol. The van der Waals surface area contributed by atoms with E-state index in [1.165, 1.54) is 21.3 Å². The molecule has 0 unspecified atom stereocenters. The number of benzene rings is 1. The molecule has 0 amide bonds. The minimum atomic E-state index is -0.141. The lowest BCUT2D eigenvalue weighted by atomic mass is 10.1. The molecule has 21 heavy (non-hydrogen) atoms. The molecule has 0 bridgehead atoms. The van der Waals surface area contributed by atoms with Gasteiger partial charge in [-0.25, -0.2) is 0 Å². The maximum absolute atomic E-state index is 12.5. The maximum Gasteiger partial charge on any atom is 0.211 e. The van der Waals surface area contributed by atoms with E-state index >= 15 is 0 Å². The zero-order valence-corrected chi connectivity index (χ0v) is 12.7. The van der Waals surface area contributed by atoms with E-state index < -0.39 is 0 Å². The summed E-state index contributed by atoms with van der Waals surface area (Å²) in [5.74, 6) is 1.24. The van der Waals surface area contributed by atoms with Crippen molar-refractivity contribution >= 4 is 11.5 Å². The van der Waals surface area contributed by atoms with Gasteiger partial charge in [-0.15, -0.1) is 0 Å². The van der Waals surface area contributed by atoms with E-state index in [9.17, 15) is 4.79 Å². The lowest BCUT2D eigenvalue weighted by Crippen LogP contribution is -2.04. The van der Waals surface area contributed by atoms with Gasteiger partial charge in [0, 0.05) is 17.7 Å². The van der Waals surface area contributed by atoms with Gasteiger partial charge in [0.1, 0.15) is 5.70 Å². The Kier molecular flexibility index (Phi) is 4.62. The highest BCUT2D eigenvalue weighted by molar-refractivity contribution is 6.12. The van der Waals surface area contributed by atoms with Crippen molar-refractivity contribution in [2.24, 2.45) is 4.99 Å². The van der Waals surface area contributed by atoms with Crippen LogP contribution in [0, 0.1) is 0 Å². The van der Waals surface area contributed by atoms with Gasteiger partial charge in [-0.3, -0.25) is 9.79 Å². The minimum absolute atomic E-state index is 0.141. The number of nitrogens with zero attached hydrogens (tertiary/aromatic N) is 1. The average molecular weight is 289 g/mol. The third kappa shape index (κ3) is 2.91. The molecule has 0 aromatic heterocycles. The van der Waals surface area contributed by atoms with Crippen LogP contribution in [0.1, 0.15) is 30.1 Å². The Balaban J connectivity index is 2.41. The topological polar surface area (TPSA) is 57.1 Å². The van der Waals surface area contributed by atoms with E-state index in [-0.39, 0.29) is 5.78 Å². The monoisotopic (exact) mass is 289 g/mol. The van der Waals surface area contributed by atoms with Gasteiger partial charge in [0.05, 0.1) is 21.3 Å². The number of Topliss-reactive ketones (excluding diaryl/α,β-unsaturated/α-hetero) is 1. The van der Waals surface area contributed by atoms with Gasteiger partial charge in [-0.1, -0.05) is 6.92 Å². The van der Waals surface area contributed by atoms with Gasteiger partial charge >= 0.3 is 0 Å². The summed E-state index contributed by atoms with van der Waals surface area (Å²) in [6.07, 6.45) is 3.44. The summed E-state index contributed by atoms with van der Waals surface area (Å²) in [6, 6.07) is 3.29. The molecular formula is C16H19NO4. The van der Waals surface area contributed by atoms with Crippen molar-refractivity contribution in [1.82, 2.24) is 0 Å². The number of hydrogen-bond donors (Lipinski definition) is 0. The van der Waals surface area contributed by atoms with Crippen molar-refractivity contribution in [1.29, 1.82) is 0 Å². The fraction of sp³-hybridized carbons (Fsp3) is 0.375. The van der Waals surface area contributed by atoms with Crippen LogP contribution < -0.4 is 14.2 Å². The molecule has 1 aromatic carbocycles. The molecule has 0 radical (unpaired) electrons. The number of ketones is 1. The van der Waals surface area contributed by atoms with Crippen molar-refractivity contribution in [3.05, 3.63) is 29.5 Å². The molecule has 0 saturated carbocycles. The highest BCUT2D eigenvalue weighted by Crippen LogP contribution is 2.38. The fourth-order valence-electron chi connectivity index (χ4n) is 2.20. The lowest BCUT2D eigenvalue weighted by molar-refractivity contribution is 0.103. The third-order valence-corrected chi connectivity index (χ3v) is 3.38. The number of hydrogen-bond acceptors (Lipinski definition) is 5. The molecule has 5 nitrogen and oxygen atoms in total. The van der Waals surface area contributed by atoms with E-state index in [1.807, 2.05) is 13.0 Å². The van der Waals surface area contributed by atoms with Gasteiger partial charge in [-0.05, 0) is 24.6 Å². The molecule has 2 rings (SSSR count). The largest absolute Gasteiger partial charge is 0.493 e. The Morgan fingerprint density at radius 1 is 1.14 bits per heavy atom. The second kappa shape index (κ2) is 6.43. The summed E-state index contributed by atoms with van der Waals surface area (Å²) in [4.78, 5) is 16.9. The van der Waals surface area contributed by atoms with Gasteiger partial charge < -0.3 is 14.2 Å². The van der Waals surface area contributed by atoms with Gasteiger partial charge in [-0.2, -0.15) is 0 Å². The van der Waals surface area contributed by atoms with Crippen LogP contribution in [-0.4, -0.2) is 32.8 Å². The number of allylic oxidation sites excluding steroid dienone is 2. The van der Waals surface area contributed by atoms with Gasteiger partial charge in [0.15, 0.2) is 11.5 Å². The number of carbonyl (C=O) groups is 1. The first kappa shape index (κ1) is 15.1. The van der Waals surface area contributed by atoms with Crippen LogP contribution in [0.25, 0.3) is 0 Å². The third-order valence-electron chi connectivity index (χ3n) is 3.38. The van der Waals surface area contributed by atoms with Crippen LogP contribution in [-0.2, 0) is 0 Å². The van der Waals surface area contributed by atoms with E-state index in [2.05, 4.69) is 4.99 Å². The smallest absolute Gasteiger partial charge is 0.211 e. The van der Waals surface area contributed by atoms with Crippen LogP contribution >= 0.6 is 0 Å². The summed E-state index contributed by atoms with van der Waals surface area (Å²) < 4.78 is 15.8. The zero-order valence-electron chi connectivity index (χ0n) is 12.7. The molecule has 0 fully saturated rings. The SMILES string of the molecule is CCC1=NC(C(=O)c2cc(OC)c(OC)c(OC)c2)=CC1. The molecule has 1 aliphatic rings. The second-order valence-electron chi connectivity index (χ2n) is 4.57. The molecule has 1 aliphatic heterocycles. The fourth-order valence-corrected chi connectivity index (χ4v) is 2.20. The summed E-state index contributed by atoms with van der Waals surface area (Å²) >= 11 is 0. The standard InChI is InChI=1S/C16H19NO4/c1-5-11-6-7-12(17-11)15(18)10-8-13(19-2)16(21-4)14(9-10)20-3/h7-9H,5-6H2,1-4H3. The molecule has 0 atom stereocenters. The molecule has 0 N–H and O–H groups in total. The Hall–Kier alpha value is -2.30. The number of carbonyl (C=O) groups excluding carboxylic acids is 1. The predicted octanol–water partition coefficient (Wildman–Crippen LogP) is 3.03. The predicted molar refractivity (Wildman–Crippen MR) is 80.9 cm³/mol. The Morgan fingerprint density at radius 3 is 2.19 bits per heavy atom. The highest BCUT2D eigenvalue weighted by atomic mass is 16.5. The summed E-state index contributed by atoms with van der Waals surface area (Å²) in [7, 11) is 4.57. The number of ether oxygens (including phenoxy) is 3. The van der Waals surface area contributed by atoms with E-state index in [4.69, 9.17) is 14.2 Å². The molecule has 112 valence electrons. The van der Waals surface area contributed by atoms with Crippen molar-refractivity contribution < 1.29 is 19.0 Å². The normalized spacial score (nSPS) is 13.5. The molecule has 0 aliphatic carbocycles. The lowest BCUT2D eigenvalue weighted by Gasteiger charge is -2.13. The number of aliphatic imine (C=N–C) groups is 1. The Bertz CT molecular complexity index is 592. The molecule has 0 spiro atoms. The van der Waals surface area contributed by atoms with Crippen LogP contribution in [0.3, 0.4) is 0 Å². The van der Waals surface area contributed by atoms with Crippen molar-refractivity contribution in [3.63, 3.8) is 0 Å². The van der Waals surface area contributed by atoms with Gasteiger partial charge in [0.25, 0.3) is 0 Å². The first-order valence-electron chi connectivity index (χ1n) is 6.75. The Morgan fingerprint density at radius 2 is 1.76 bits per heavy atom. The van der Waals surface area contributed by atoms with Crippen LogP contribution in [0.15, 0.2) is 28.9 Å². The van der Waals surface area contributed by atoms with Crippen molar-refractivity contribution in [3.8, 4) is 17.2 Å². The van der Waals surface area contributed by atoms with Crippen LogP contribution in [0.2, 0.25) is 0 Å². The van der Waals surface area contributed by atoms with Crippen molar-refractivity contribution in [2.45, 2.75) is 19.8 Å². The van der Waals surface area contributed by atoms with Gasteiger partial charge in [0.2, 0.25) is 11.5 Å². The maximum atomic E-state index is 12.5. The highest BCUT2D eigenvalue weighted by Gasteiger charge is 2.21. The van der Waals surface area contributed by atoms with E-state index in [1.54, 1.807) is 12.1 Å². The molecule has 1 aromatic rings. The Labute approximate surface area is 124 Å². The molecule has 5 heteroatoms. The second-order valence-corrected chi connectivity index (χ2v) is 4.57. The average Bonchev–Trinajstić information content (AvgIpc) is 3.01. The number of rotatable bonds is 6.